The molecule has 134 valence electrons. The van der Waals surface area contributed by atoms with E-state index in [4.69, 9.17) is 14.2 Å². The average Bonchev–Trinajstić information content (AvgIpc) is 3.34. The Balaban J connectivity index is 1.79. The zero-order valence-corrected chi connectivity index (χ0v) is 15.4. The van der Waals surface area contributed by atoms with Crippen LogP contribution in [-0.4, -0.2) is 38.3 Å². The third-order valence-corrected chi connectivity index (χ3v) is 4.83. The maximum atomic E-state index is 12.8. The van der Waals surface area contributed by atoms with E-state index >= 15 is 0 Å². The molecular formula is C18H22N2O4S. The number of nitrogens with zero attached hydrogens (tertiary/aromatic N) is 1. The van der Waals surface area contributed by atoms with Gasteiger partial charge in [-0.15, -0.1) is 0 Å². The molecule has 1 saturated carbocycles. The Morgan fingerprint density at radius 3 is 2.36 bits per heavy atom. The predicted octanol–water partition coefficient (Wildman–Crippen LogP) is 3.97. The minimum atomic E-state index is -0.122. The Kier molecular flexibility index (Phi) is 5.33. The number of nitrogens with one attached hydrogen (secondary N) is 1. The molecule has 0 atom stereocenters. The van der Waals surface area contributed by atoms with Gasteiger partial charge >= 0.3 is 6.03 Å². The van der Waals surface area contributed by atoms with Gasteiger partial charge in [0.1, 0.15) is 0 Å². The molecule has 2 aromatic rings. The molecular weight excluding hydrogens is 340 g/mol. The Labute approximate surface area is 151 Å². The van der Waals surface area contributed by atoms with Gasteiger partial charge in [-0.05, 0) is 35.2 Å². The van der Waals surface area contributed by atoms with Crippen molar-refractivity contribution in [2.24, 2.45) is 0 Å². The van der Waals surface area contributed by atoms with Gasteiger partial charge in [0.25, 0.3) is 0 Å². The zero-order chi connectivity index (χ0) is 17.8. The molecule has 3 rings (SSSR count). The van der Waals surface area contributed by atoms with Crippen molar-refractivity contribution in [1.82, 2.24) is 4.90 Å². The third kappa shape index (κ3) is 3.99. The zero-order valence-electron chi connectivity index (χ0n) is 14.6. The summed E-state index contributed by atoms with van der Waals surface area (Å²) in [5.41, 5.74) is 1.76. The van der Waals surface area contributed by atoms with E-state index in [-0.39, 0.29) is 6.03 Å². The molecule has 0 bridgehead atoms. The summed E-state index contributed by atoms with van der Waals surface area (Å²) in [6, 6.07) is 5.70. The van der Waals surface area contributed by atoms with E-state index in [1.54, 1.807) is 44.8 Å². The summed E-state index contributed by atoms with van der Waals surface area (Å²) < 4.78 is 16.0. The lowest BCUT2D eigenvalue weighted by Crippen LogP contribution is -2.36. The number of benzene rings is 1. The minimum absolute atomic E-state index is 0.122. The van der Waals surface area contributed by atoms with Gasteiger partial charge in [0.05, 0.1) is 27.0 Å². The highest BCUT2D eigenvalue weighted by molar-refractivity contribution is 7.07. The number of carbonyl (C=O) groups is 1. The number of carbonyl (C=O) groups excluding carboxylic acids is 1. The van der Waals surface area contributed by atoms with Crippen molar-refractivity contribution in [3.05, 3.63) is 34.5 Å². The fraction of sp³-hybridized carbons (Fsp3) is 0.389. The molecule has 0 spiro atoms. The molecule has 1 aliphatic carbocycles. The number of rotatable bonds is 7. The van der Waals surface area contributed by atoms with Gasteiger partial charge in [0.15, 0.2) is 11.5 Å². The number of ether oxygens (including phenoxy) is 3. The summed E-state index contributed by atoms with van der Waals surface area (Å²) in [5.74, 6) is 1.52. The van der Waals surface area contributed by atoms with Crippen molar-refractivity contribution in [2.45, 2.75) is 25.4 Å². The van der Waals surface area contributed by atoms with Crippen LogP contribution in [0.4, 0.5) is 10.5 Å². The molecule has 0 aliphatic heterocycles. The maximum absolute atomic E-state index is 12.8. The first kappa shape index (κ1) is 17.4. The van der Waals surface area contributed by atoms with Gasteiger partial charge in [-0.2, -0.15) is 11.3 Å². The van der Waals surface area contributed by atoms with E-state index in [1.165, 1.54) is 0 Å². The first-order chi connectivity index (χ1) is 12.2. The lowest BCUT2D eigenvalue weighted by atomic mass is 10.2. The van der Waals surface area contributed by atoms with Crippen molar-refractivity contribution in [3.63, 3.8) is 0 Å². The first-order valence-corrected chi connectivity index (χ1v) is 8.99. The fourth-order valence-electron chi connectivity index (χ4n) is 2.68. The van der Waals surface area contributed by atoms with Crippen molar-refractivity contribution in [2.75, 3.05) is 26.6 Å². The molecule has 6 nitrogen and oxygen atoms in total. The van der Waals surface area contributed by atoms with Crippen LogP contribution >= 0.6 is 11.3 Å². The van der Waals surface area contributed by atoms with Crippen LogP contribution in [0, 0.1) is 0 Å². The highest BCUT2D eigenvalue weighted by Gasteiger charge is 2.33. The van der Waals surface area contributed by atoms with Gasteiger partial charge in [-0.25, -0.2) is 4.79 Å². The van der Waals surface area contributed by atoms with E-state index in [0.29, 0.717) is 35.5 Å². The normalized spacial score (nSPS) is 13.2. The SMILES string of the molecule is COc1cc(NC(=O)N(Cc2ccsc2)C2CC2)cc(OC)c1OC. The molecule has 7 heteroatoms. The van der Waals surface area contributed by atoms with Crippen LogP contribution in [0.1, 0.15) is 18.4 Å². The molecule has 0 unspecified atom stereocenters. The average molecular weight is 362 g/mol. The highest BCUT2D eigenvalue weighted by Crippen LogP contribution is 2.40. The van der Waals surface area contributed by atoms with E-state index in [9.17, 15) is 4.79 Å². The molecule has 1 aromatic heterocycles. The van der Waals surface area contributed by atoms with E-state index in [2.05, 4.69) is 10.7 Å². The molecule has 1 aliphatic rings. The molecule has 1 fully saturated rings. The van der Waals surface area contributed by atoms with Crippen molar-refractivity contribution < 1.29 is 19.0 Å². The molecule has 25 heavy (non-hydrogen) atoms. The lowest BCUT2D eigenvalue weighted by Gasteiger charge is -2.23. The Morgan fingerprint density at radius 1 is 1.20 bits per heavy atom. The van der Waals surface area contributed by atoms with Crippen LogP contribution in [0.2, 0.25) is 0 Å². The smallest absolute Gasteiger partial charge is 0.322 e. The largest absolute Gasteiger partial charge is 0.493 e. The molecule has 1 heterocycles. The quantitative estimate of drug-likeness (QED) is 0.810. The lowest BCUT2D eigenvalue weighted by molar-refractivity contribution is 0.206. The highest BCUT2D eigenvalue weighted by atomic mass is 32.1. The van der Waals surface area contributed by atoms with Crippen LogP contribution in [0.25, 0.3) is 0 Å². The summed E-state index contributed by atoms with van der Waals surface area (Å²) in [4.78, 5) is 14.7. The van der Waals surface area contributed by atoms with Crippen LogP contribution in [0.5, 0.6) is 17.2 Å². The van der Waals surface area contributed by atoms with E-state index in [0.717, 1.165) is 18.4 Å². The van der Waals surface area contributed by atoms with Gasteiger partial charge in [-0.3, -0.25) is 0 Å². The molecule has 1 N–H and O–H groups in total. The Morgan fingerprint density at radius 2 is 1.88 bits per heavy atom. The number of methoxy groups -OCH3 is 3. The number of hydrogen-bond donors (Lipinski definition) is 1. The molecule has 1 aromatic carbocycles. The van der Waals surface area contributed by atoms with Crippen molar-refractivity contribution in [3.8, 4) is 17.2 Å². The van der Waals surface area contributed by atoms with Gasteiger partial charge in [0, 0.05) is 24.7 Å². The number of urea groups is 1. The number of anilines is 1. The van der Waals surface area contributed by atoms with E-state index in [1.807, 2.05) is 16.3 Å². The summed E-state index contributed by atoms with van der Waals surface area (Å²) in [6.07, 6.45) is 2.10. The van der Waals surface area contributed by atoms with Gasteiger partial charge in [-0.1, -0.05) is 0 Å². The van der Waals surface area contributed by atoms with E-state index < -0.39 is 0 Å². The Hall–Kier alpha value is -2.41. The minimum Gasteiger partial charge on any atom is -0.493 e. The van der Waals surface area contributed by atoms with Crippen molar-refractivity contribution in [1.29, 1.82) is 0 Å². The molecule has 0 radical (unpaired) electrons. The number of thiophene rings is 1. The maximum Gasteiger partial charge on any atom is 0.322 e. The number of amides is 2. The van der Waals surface area contributed by atoms with Gasteiger partial charge in [0.2, 0.25) is 5.75 Å². The van der Waals surface area contributed by atoms with Crippen LogP contribution < -0.4 is 19.5 Å². The topological polar surface area (TPSA) is 60.0 Å². The summed E-state index contributed by atoms with van der Waals surface area (Å²) in [7, 11) is 4.65. The first-order valence-electron chi connectivity index (χ1n) is 8.05. The monoisotopic (exact) mass is 362 g/mol. The third-order valence-electron chi connectivity index (χ3n) is 4.10. The van der Waals surface area contributed by atoms with Crippen LogP contribution in [-0.2, 0) is 6.54 Å². The molecule has 2 amide bonds. The molecule has 0 saturated heterocycles. The van der Waals surface area contributed by atoms with Gasteiger partial charge < -0.3 is 24.4 Å². The fourth-order valence-corrected chi connectivity index (χ4v) is 3.34. The summed E-state index contributed by atoms with van der Waals surface area (Å²) >= 11 is 1.64. The second-order valence-electron chi connectivity index (χ2n) is 5.83. The second kappa shape index (κ2) is 7.65. The predicted molar refractivity (Wildman–Crippen MR) is 98.0 cm³/mol. The summed E-state index contributed by atoms with van der Waals surface area (Å²) in [5, 5.41) is 7.05. The Bertz CT molecular complexity index is 704. The second-order valence-corrected chi connectivity index (χ2v) is 6.61. The van der Waals surface area contributed by atoms with Crippen molar-refractivity contribution >= 4 is 23.1 Å². The summed E-state index contributed by atoms with van der Waals surface area (Å²) in [6.45, 7) is 0.616. The number of hydrogen-bond acceptors (Lipinski definition) is 5. The van der Waals surface area contributed by atoms with Crippen LogP contribution in [0.3, 0.4) is 0 Å². The standard InChI is InChI=1S/C18H22N2O4S/c1-22-15-8-13(9-16(23-2)17(15)24-3)19-18(21)20(14-4-5-14)10-12-6-7-25-11-12/h6-9,11,14H,4-5,10H2,1-3H3,(H,19,21). The van der Waals surface area contributed by atoms with Crippen LogP contribution in [0.15, 0.2) is 29.0 Å².